The Morgan fingerprint density at radius 1 is 1.20 bits per heavy atom. The maximum atomic E-state index is 12.0. The average Bonchev–Trinajstić information content (AvgIpc) is 2.47. The fourth-order valence-corrected chi connectivity index (χ4v) is 2.66. The summed E-state index contributed by atoms with van der Waals surface area (Å²) < 4.78 is 5.27. The molecule has 1 aliphatic rings. The van der Waals surface area contributed by atoms with Crippen LogP contribution in [0.4, 0.5) is 5.69 Å². The Labute approximate surface area is 120 Å². The van der Waals surface area contributed by atoms with Crippen LogP contribution in [0.5, 0.6) is 5.75 Å². The fraction of sp³-hybridized carbons (Fsp3) is 0.562. The highest BCUT2D eigenvalue weighted by Gasteiger charge is 2.16. The Hall–Kier alpha value is -1.55. The van der Waals surface area contributed by atoms with Gasteiger partial charge in [0, 0.05) is 12.1 Å². The predicted octanol–water partition coefficient (Wildman–Crippen LogP) is 2.97. The molecule has 20 heavy (non-hydrogen) atoms. The lowest BCUT2D eigenvalue weighted by atomic mass is 9.87. The van der Waals surface area contributed by atoms with E-state index >= 15 is 0 Å². The van der Waals surface area contributed by atoms with Crippen LogP contribution in [-0.4, -0.2) is 24.2 Å². The third-order valence-corrected chi connectivity index (χ3v) is 3.70. The van der Waals surface area contributed by atoms with Crippen molar-refractivity contribution in [2.24, 2.45) is 5.92 Å². The highest BCUT2D eigenvalue weighted by Crippen LogP contribution is 2.26. The molecule has 1 aromatic rings. The lowest BCUT2D eigenvalue weighted by Crippen LogP contribution is -2.18. The number of amides is 1. The summed E-state index contributed by atoms with van der Waals surface area (Å²) in [6.45, 7) is 0.285. The maximum Gasteiger partial charge on any atom is 0.224 e. The summed E-state index contributed by atoms with van der Waals surface area (Å²) in [5.41, 5.74) is 0.794. The number of carbonyl (C=O) groups excluding carboxylic acids is 1. The first-order valence-corrected chi connectivity index (χ1v) is 7.41. The molecule has 4 heteroatoms. The van der Waals surface area contributed by atoms with E-state index in [2.05, 4.69) is 5.32 Å². The molecule has 110 valence electrons. The maximum absolute atomic E-state index is 12.0. The van der Waals surface area contributed by atoms with Gasteiger partial charge in [-0.3, -0.25) is 4.79 Å². The van der Waals surface area contributed by atoms with Crippen LogP contribution in [0.2, 0.25) is 0 Å². The van der Waals surface area contributed by atoms with Crippen LogP contribution in [0.15, 0.2) is 24.3 Å². The topological polar surface area (TPSA) is 58.6 Å². The number of ether oxygens (including phenoxy) is 1. The Bertz CT molecular complexity index is 410. The molecule has 0 heterocycles. The van der Waals surface area contributed by atoms with Crippen molar-refractivity contribution < 1.29 is 14.6 Å². The van der Waals surface area contributed by atoms with Crippen LogP contribution in [0.1, 0.15) is 38.5 Å². The van der Waals surface area contributed by atoms with Crippen molar-refractivity contribution >= 4 is 11.6 Å². The van der Waals surface area contributed by atoms with Crippen LogP contribution < -0.4 is 10.1 Å². The molecule has 0 saturated heterocycles. The van der Waals surface area contributed by atoms with Gasteiger partial charge in [-0.1, -0.05) is 19.3 Å². The number of hydrogen-bond acceptors (Lipinski definition) is 3. The Morgan fingerprint density at radius 2 is 1.90 bits per heavy atom. The predicted molar refractivity (Wildman–Crippen MR) is 78.8 cm³/mol. The van der Waals surface area contributed by atoms with Gasteiger partial charge in [-0.15, -0.1) is 0 Å². The van der Waals surface area contributed by atoms with Gasteiger partial charge in [0.25, 0.3) is 0 Å². The van der Waals surface area contributed by atoms with Crippen molar-refractivity contribution in [3.05, 3.63) is 24.3 Å². The van der Waals surface area contributed by atoms with Crippen molar-refractivity contribution in [2.45, 2.75) is 38.5 Å². The third-order valence-electron chi connectivity index (χ3n) is 3.70. The molecule has 0 radical (unpaired) electrons. The Morgan fingerprint density at radius 3 is 2.55 bits per heavy atom. The lowest BCUT2D eigenvalue weighted by molar-refractivity contribution is -0.117. The molecule has 1 amide bonds. The molecule has 0 aliphatic heterocycles. The van der Waals surface area contributed by atoms with E-state index in [1.165, 1.54) is 32.1 Å². The van der Waals surface area contributed by atoms with Crippen molar-refractivity contribution in [1.82, 2.24) is 0 Å². The summed E-state index contributed by atoms with van der Waals surface area (Å²) in [5.74, 6) is 1.35. The number of carbonyl (C=O) groups is 1. The summed E-state index contributed by atoms with van der Waals surface area (Å²) >= 11 is 0. The molecule has 1 saturated carbocycles. The molecule has 2 rings (SSSR count). The van der Waals surface area contributed by atoms with Crippen molar-refractivity contribution in [3.63, 3.8) is 0 Å². The zero-order chi connectivity index (χ0) is 14.2. The number of benzene rings is 1. The van der Waals surface area contributed by atoms with Crippen molar-refractivity contribution in [2.75, 3.05) is 18.5 Å². The number of aliphatic hydroxyl groups is 1. The highest BCUT2D eigenvalue weighted by atomic mass is 16.5. The van der Waals surface area contributed by atoms with Gasteiger partial charge >= 0.3 is 0 Å². The van der Waals surface area contributed by atoms with E-state index in [4.69, 9.17) is 9.84 Å². The quantitative estimate of drug-likeness (QED) is 0.840. The molecule has 0 atom stereocenters. The molecule has 1 aromatic carbocycles. The first-order valence-electron chi connectivity index (χ1n) is 7.41. The lowest BCUT2D eigenvalue weighted by Gasteiger charge is -2.20. The number of hydrogen-bond donors (Lipinski definition) is 2. The molecular weight excluding hydrogens is 254 g/mol. The molecule has 1 aliphatic carbocycles. The molecule has 0 aromatic heterocycles. The summed E-state index contributed by atoms with van der Waals surface area (Å²) in [6.07, 6.45) is 6.82. The second-order valence-electron chi connectivity index (χ2n) is 5.35. The molecular formula is C16H23NO3. The van der Waals surface area contributed by atoms with Gasteiger partial charge in [-0.25, -0.2) is 0 Å². The van der Waals surface area contributed by atoms with Crippen molar-refractivity contribution in [1.29, 1.82) is 0 Å². The monoisotopic (exact) mass is 277 g/mol. The van der Waals surface area contributed by atoms with Gasteiger partial charge in [0.2, 0.25) is 5.91 Å². The van der Waals surface area contributed by atoms with E-state index in [1.807, 2.05) is 12.1 Å². The SMILES string of the molecule is O=C(CC1CCCCC1)Nc1ccc(OCCO)cc1. The average molecular weight is 277 g/mol. The number of nitrogens with one attached hydrogen (secondary N) is 1. The van der Waals surface area contributed by atoms with Crippen LogP contribution >= 0.6 is 0 Å². The zero-order valence-corrected chi connectivity index (χ0v) is 11.8. The standard InChI is InChI=1S/C16H23NO3/c18-10-11-20-15-8-6-14(7-9-15)17-16(19)12-13-4-2-1-3-5-13/h6-9,13,18H,1-5,10-12H2,(H,17,19). The zero-order valence-electron chi connectivity index (χ0n) is 11.8. The van der Waals surface area contributed by atoms with Gasteiger partial charge in [0.1, 0.15) is 12.4 Å². The normalized spacial score (nSPS) is 15.8. The van der Waals surface area contributed by atoms with Gasteiger partial charge < -0.3 is 15.2 Å². The van der Waals surface area contributed by atoms with Gasteiger partial charge in [-0.05, 0) is 43.0 Å². The van der Waals surface area contributed by atoms with E-state index in [1.54, 1.807) is 12.1 Å². The van der Waals surface area contributed by atoms with Gasteiger partial charge in [-0.2, -0.15) is 0 Å². The Balaban J connectivity index is 1.78. The minimum atomic E-state index is -0.000123. The number of aliphatic hydroxyl groups excluding tert-OH is 1. The van der Waals surface area contributed by atoms with E-state index in [0.717, 1.165) is 5.69 Å². The van der Waals surface area contributed by atoms with Gasteiger partial charge in [0.05, 0.1) is 6.61 Å². The van der Waals surface area contributed by atoms with E-state index < -0.39 is 0 Å². The Kier molecular flexibility index (Phi) is 5.87. The molecule has 4 nitrogen and oxygen atoms in total. The fourth-order valence-electron chi connectivity index (χ4n) is 2.66. The summed E-state index contributed by atoms with van der Waals surface area (Å²) in [4.78, 5) is 12.0. The summed E-state index contributed by atoms with van der Waals surface area (Å²) in [6, 6.07) is 7.24. The molecule has 2 N–H and O–H groups in total. The highest BCUT2D eigenvalue weighted by molar-refractivity contribution is 5.90. The molecule has 0 unspecified atom stereocenters. The molecule has 1 fully saturated rings. The second-order valence-corrected chi connectivity index (χ2v) is 5.35. The number of anilines is 1. The van der Waals surface area contributed by atoms with E-state index in [0.29, 0.717) is 18.1 Å². The van der Waals surface area contributed by atoms with Crippen LogP contribution in [0, 0.1) is 5.92 Å². The van der Waals surface area contributed by atoms with E-state index in [-0.39, 0.29) is 19.1 Å². The first-order chi connectivity index (χ1) is 9.78. The van der Waals surface area contributed by atoms with E-state index in [9.17, 15) is 4.79 Å². The minimum absolute atomic E-state index is 0.000123. The van der Waals surface area contributed by atoms with Crippen LogP contribution in [-0.2, 0) is 4.79 Å². The van der Waals surface area contributed by atoms with Gasteiger partial charge in [0.15, 0.2) is 0 Å². The third kappa shape index (κ3) is 4.85. The molecule has 0 spiro atoms. The number of rotatable bonds is 6. The van der Waals surface area contributed by atoms with Crippen LogP contribution in [0.25, 0.3) is 0 Å². The summed E-state index contributed by atoms with van der Waals surface area (Å²) in [5, 5.41) is 11.6. The first kappa shape index (κ1) is 14.9. The van der Waals surface area contributed by atoms with Crippen LogP contribution in [0.3, 0.4) is 0 Å². The molecule has 0 bridgehead atoms. The second kappa shape index (κ2) is 7.90. The smallest absolute Gasteiger partial charge is 0.224 e. The van der Waals surface area contributed by atoms with Crippen molar-refractivity contribution in [3.8, 4) is 5.75 Å². The largest absolute Gasteiger partial charge is 0.491 e. The minimum Gasteiger partial charge on any atom is -0.491 e. The summed E-state index contributed by atoms with van der Waals surface area (Å²) in [7, 11) is 0.